The summed E-state index contributed by atoms with van der Waals surface area (Å²) in [6.45, 7) is 1.67. The molecule has 1 atom stereocenters. The second-order valence-electron chi connectivity index (χ2n) is 7.79. The maximum Gasteiger partial charge on any atom is 0.243 e. The molecule has 0 aliphatic carbocycles. The van der Waals surface area contributed by atoms with Crippen molar-refractivity contribution in [1.29, 1.82) is 0 Å². The summed E-state index contributed by atoms with van der Waals surface area (Å²) in [5.41, 5.74) is 2.19. The summed E-state index contributed by atoms with van der Waals surface area (Å²) in [5.74, 6) is -0.274. The van der Waals surface area contributed by atoms with E-state index in [-0.39, 0.29) is 10.8 Å². The molecule has 0 unspecified atom stereocenters. The minimum atomic E-state index is -3.87. The molecule has 9 nitrogen and oxygen atoms in total. The minimum absolute atomic E-state index is 0.117. The Morgan fingerprint density at radius 1 is 1.19 bits per heavy atom. The number of ether oxygens (including phenoxy) is 1. The van der Waals surface area contributed by atoms with Crippen LogP contribution in [0.3, 0.4) is 0 Å². The van der Waals surface area contributed by atoms with Crippen LogP contribution in [0, 0.1) is 0 Å². The van der Waals surface area contributed by atoms with Crippen molar-refractivity contribution >= 4 is 27.0 Å². The van der Waals surface area contributed by atoms with Gasteiger partial charge in [0, 0.05) is 20.2 Å². The fourth-order valence-corrected chi connectivity index (χ4v) is 5.63. The predicted molar refractivity (Wildman–Crippen MR) is 119 cm³/mol. The van der Waals surface area contributed by atoms with Crippen LogP contribution in [0.4, 0.5) is 0 Å². The number of carbonyl (C=O) groups excluding carboxylic acids is 1. The van der Waals surface area contributed by atoms with Crippen LogP contribution in [-0.2, 0) is 32.6 Å². The zero-order valence-corrected chi connectivity index (χ0v) is 18.8. The van der Waals surface area contributed by atoms with E-state index in [9.17, 15) is 13.2 Å². The Morgan fingerprint density at radius 3 is 2.78 bits per heavy atom. The highest BCUT2D eigenvalue weighted by Gasteiger charge is 2.37. The molecule has 2 aromatic carbocycles. The maximum absolute atomic E-state index is 13.5. The summed E-state index contributed by atoms with van der Waals surface area (Å²) in [4.78, 5) is 13.0. The topological polar surface area (TPSA) is 106 Å². The number of fused-ring (bicyclic) bond motifs is 1. The van der Waals surface area contributed by atoms with Crippen LogP contribution in [0.5, 0.6) is 0 Å². The standard InChI is InChI=1S/C22H27N5O4S/c1-31-14-13-26-20-11-10-18(15-19(20)24-25-26)32(29,30)27-12-6-5-9-21(27)22(28)23-16-17-7-3-2-4-8-17/h2-4,7-8,10-11,15,21H,5-6,9,12-14,16H2,1H3,(H,23,28)/t21-/m1/s1. The van der Waals surface area contributed by atoms with Gasteiger partial charge in [-0.2, -0.15) is 4.31 Å². The van der Waals surface area contributed by atoms with Crippen LogP contribution in [-0.4, -0.2) is 59.9 Å². The van der Waals surface area contributed by atoms with Crippen molar-refractivity contribution in [3.05, 3.63) is 54.1 Å². The molecule has 0 radical (unpaired) electrons. The molecule has 1 N–H and O–H groups in total. The molecular formula is C22H27N5O4S. The molecule has 1 fully saturated rings. The number of nitrogens with zero attached hydrogens (tertiary/aromatic N) is 4. The van der Waals surface area contributed by atoms with Crippen molar-refractivity contribution in [3.8, 4) is 0 Å². The third-order valence-electron chi connectivity index (χ3n) is 5.67. The molecule has 1 saturated heterocycles. The molecule has 3 aromatic rings. The van der Waals surface area contributed by atoms with Crippen LogP contribution >= 0.6 is 0 Å². The van der Waals surface area contributed by atoms with E-state index in [1.54, 1.807) is 23.9 Å². The van der Waals surface area contributed by atoms with E-state index in [1.807, 2.05) is 30.3 Å². The van der Waals surface area contributed by atoms with Gasteiger partial charge in [-0.05, 0) is 36.6 Å². The Morgan fingerprint density at radius 2 is 2.00 bits per heavy atom. The first-order valence-electron chi connectivity index (χ1n) is 10.7. The van der Waals surface area contributed by atoms with Gasteiger partial charge in [-0.25, -0.2) is 13.1 Å². The number of nitrogens with one attached hydrogen (secondary N) is 1. The number of rotatable bonds is 8. The third-order valence-corrected chi connectivity index (χ3v) is 7.57. The zero-order valence-electron chi connectivity index (χ0n) is 18.0. The van der Waals surface area contributed by atoms with E-state index in [4.69, 9.17) is 4.74 Å². The van der Waals surface area contributed by atoms with E-state index in [1.165, 1.54) is 10.4 Å². The van der Waals surface area contributed by atoms with Crippen LogP contribution < -0.4 is 5.32 Å². The monoisotopic (exact) mass is 457 g/mol. The molecule has 1 aliphatic rings. The van der Waals surface area contributed by atoms with E-state index >= 15 is 0 Å². The Balaban J connectivity index is 1.54. The van der Waals surface area contributed by atoms with Crippen molar-refractivity contribution in [2.45, 2.75) is 43.3 Å². The van der Waals surface area contributed by atoms with Gasteiger partial charge in [0.25, 0.3) is 0 Å². The van der Waals surface area contributed by atoms with Gasteiger partial charge < -0.3 is 10.1 Å². The second-order valence-corrected chi connectivity index (χ2v) is 9.68. The Labute approximate surface area is 187 Å². The molecule has 170 valence electrons. The van der Waals surface area contributed by atoms with Crippen LogP contribution in [0.2, 0.25) is 0 Å². The number of carbonyl (C=O) groups is 1. The smallest absolute Gasteiger partial charge is 0.243 e. The van der Waals surface area contributed by atoms with Gasteiger partial charge in [0.1, 0.15) is 11.6 Å². The SMILES string of the molecule is COCCn1nnc2cc(S(=O)(=O)N3CCCC[C@@H]3C(=O)NCc3ccccc3)ccc21. The first-order valence-corrected chi connectivity index (χ1v) is 12.1. The van der Waals surface area contributed by atoms with E-state index < -0.39 is 16.1 Å². The molecular weight excluding hydrogens is 430 g/mol. The predicted octanol–water partition coefficient (Wildman–Crippen LogP) is 1.94. The van der Waals surface area contributed by atoms with Crippen molar-refractivity contribution in [3.63, 3.8) is 0 Å². The van der Waals surface area contributed by atoms with Gasteiger partial charge in [-0.1, -0.05) is 42.0 Å². The van der Waals surface area contributed by atoms with Gasteiger partial charge >= 0.3 is 0 Å². The zero-order chi connectivity index (χ0) is 22.6. The number of sulfonamides is 1. The molecule has 1 amide bonds. The lowest BCUT2D eigenvalue weighted by Gasteiger charge is -2.33. The maximum atomic E-state index is 13.5. The average Bonchev–Trinajstić information content (AvgIpc) is 3.24. The van der Waals surface area contributed by atoms with Crippen LogP contribution in [0.25, 0.3) is 11.0 Å². The molecule has 1 aromatic heterocycles. The summed E-state index contributed by atoms with van der Waals surface area (Å²) in [5, 5.41) is 11.1. The Kier molecular flexibility index (Phi) is 6.83. The lowest BCUT2D eigenvalue weighted by Crippen LogP contribution is -2.51. The lowest BCUT2D eigenvalue weighted by atomic mass is 10.0. The van der Waals surface area contributed by atoms with Crippen molar-refractivity contribution in [2.24, 2.45) is 0 Å². The summed E-state index contributed by atoms with van der Waals surface area (Å²) < 4.78 is 35.0. The molecule has 0 bridgehead atoms. The second kappa shape index (κ2) is 9.76. The van der Waals surface area contributed by atoms with Gasteiger partial charge in [-0.3, -0.25) is 4.79 Å². The molecule has 0 saturated carbocycles. The first kappa shape index (κ1) is 22.4. The van der Waals surface area contributed by atoms with Crippen molar-refractivity contribution < 1.29 is 17.9 Å². The first-order chi connectivity index (χ1) is 15.5. The molecule has 2 heterocycles. The summed E-state index contributed by atoms with van der Waals surface area (Å²) in [7, 11) is -2.26. The number of piperidine rings is 1. The fourth-order valence-electron chi connectivity index (χ4n) is 3.95. The van der Waals surface area contributed by atoms with Gasteiger partial charge in [0.05, 0.1) is 23.6 Å². The summed E-state index contributed by atoms with van der Waals surface area (Å²) >= 11 is 0. The number of hydrogen-bond donors (Lipinski definition) is 1. The van der Waals surface area contributed by atoms with Gasteiger partial charge in [0.15, 0.2) is 0 Å². The molecule has 1 aliphatic heterocycles. The van der Waals surface area contributed by atoms with Crippen molar-refractivity contribution in [2.75, 3.05) is 20.3 Å². The number of hydrogen-bond acceptors (Lipinski definition) is 6. The van der Waals surface area contributed by atoms with E-state index in [0.29, 0.717) is 38.2 Å². The Hall–Kier alpha value is -2.82. The van der Waals surface area contributed by atoms with E-state index in [2.05, 4.69) is 15.6 Å². The van der Waals surface area contributed by atoms with E-state index in [0.717, 1.165) is 23.9 Å². The normalized spacial score (nSPS) is 17.5. The minimum Gasteiger partial charge on any atom is -0.383 e. The highest BCUT2D eigenvalue weighted by Crippen LogP contribution is 2.27. The quantitative estimate of drug-likeness (QED) is 0.554. The van der Waals surface area contributed by atoms with Crippen LogP contribution in [0.15, 0.2) is 53.4 Å². The van der Waals surface area contributed by atoms with Gasteiger partial charge in [0.2, 0.25) is 15.9 Å². The van der Waals surface area contributed by atoms with Gasteiger partial charge in [-0.15, -0.1) is 5.10 Å². The third kappa shape index (κ3) is 4.67. The van der Waals surface area contributed by atoms with Crippen LogP contribution in [0.1, 0.15) is 24.8 Å². The fraction of sp³-hybridized carbons (Fsp3) is 0.409. The number of aromatic nitrogens is 3. The molecule has 4 rings (SSSR count). The largest absolute Gasteiger partial charge is 0.383 e. The lowest BCUT2D eigenvalue weighted by molar-refractivity contribution is -0.125. The van der Waals surface area contributed by atoms with Crippen molar-refractivity contribution in [1.82, 2.24) is 24.6 Å². The summed E-state index contributed by atoms with van der Waals surface area (Å²) in [6.07, 6.45) is 2.02. The Bertz CT molecular complexity index is 1180. The number of amides is 1. The number of benzene rings is 2. The number of methoxy groups -OCH3 is 1. The molecule has 10 heteroatoms. The highest BCUT2D eigenvalue weighted by atomic mass is 32.2. The molecule has 0 spiro atoms. The summed E-state index contributed by atoms with van der Waals surface area (Å²) in [6, 6.07) is 13.6. The molecule has 32 heavy (non-hydrogen) atoms. The average molecular weight is 458 g/mol. The highest BCUT2D eigenvalue weighted by molar-refractivity contribution is 7.89.